The fourth-order valence-corrected chi connectivity index (χ4v) is 3.72. The van der Waals surface area contributed by atoms with Crippen molar-refractivity contribution in [1.29, 1.82) is 0 Å². The number of aliphatic hydroxyl groups is 1. The van der Waals surface area contributed by atoms with E-state index in [9.17, 15) is 14.7 Å². The van der Waals surface area contributed by atoms with E-state index in [-0.39, 0.29) is 29.9 Å². The minimum absolute atomic E-state index is 0.149. The number of benzene rings is 1. The van der Waals surface area contributed by atoms with Gasteiger partial charge in [0, 0.05) is 18.0 Å². The van der Waals surface area contributed by atoms with E-state index < -0.39 is 5.92 Å². The van der Waals surface area contributed by atoms with Gasteiger partial charge < -0.3 is 5.11 Å². The van der Waals surface area contributed by atoms with Crippen molar-refractivity contribution in [1.82, 2.24) is 4.90 Å². The Morgan fingerprint density at radius 2 is 1.93 bits per heavy atom. The van der Waals surface area contributed by atoms with Crippen molar-refractivity contribution in [2.45, 2.75) is 46.1 Å². The Balaban J connectivity index is 1.77. The van der Waals surface area contributed by atoms with Crippen LogP contribution in [0.5, 0.6) is 0 Å². The number of carbonyl (C=O) groups excluding carboxylic acids is 2. The lowest BCUT2D eigenvalue weighted by Gasteiger charge is -2.27. The van der Waals surface area contributed by atoms with Crippen molar-refractivity contribution < 1.29 is 14.7 Å². The third kappa shape index (κ3) is 4.61. The fourth-order valence-electron chi connectivity index (χ4n) is 3.72. The average Bonchev–Trinajstić information content (AvgIpc) is 2.97. The maximum absolute atomic E-state index is 12.8. The largest absolute Gasteiger partial charge is 0.396 e. The number of hydrogen-bond acceptors (Lipinski definition) is 3. The first-order chi connectivity index (χ1) is 13.3. The zero-order valence-electron chi connectivity index (χ0n) is 16.7. The van der Waals surface area contributed by atoms with Crippen LogP contribution in [0.25, 0.3) is 11.1 Å². The van der Waals surface area contributed by atoms with E-state index in [4.69, 9.17) is 0 Å². The summed E-state index contributed by atoms with van der Waals surface area (Å²) in [7, 11) is 0. The van der Waals surface area contributed by atoms with Crippen LogP contribution in [-0.2, 0) is 16.0 Å². The van der Waals surface area contributed by atoms with Gasteiger partial charge in [-0.1, -0.05) is 63.2 Å². The standard InChI is InChI=1S/C24H27NO3/c1-24(2,3)15-22(27)25-21(14-20(16-26)23(25)28)13-17-9-11-19(12-10-17)18-7-5-4-6-8-18/h4-5,7,9-12,20-21,26H,13-16H2,1-3H3/t20?,21-/m1/s1. The Bertz CT molecular complexity index is 821. The molecule has 146 valence electrons. The molecule has 0 radical (unpaired) electrons. The van der Waals surface area contributed by atoms with Crippen LogP contribution in [0.15, 0.2) is 42.5 Å². The lowest BCUT2D eigenvalue weighted by atomic mass is 9.91. The first kappa shape index (κ1) is 20.1. The highest BCUT2D eigenvalue weighted by atomic mass is 16.3. The smallest absolute Gasteiger partial charge is 0.234 e. The van der Waals surface area contributed by atoms with E-state index in [2.05, 4.69) is 12.1 Å². The van der Waals surface area contributed by atoms with Gasteiger partial charge in [-0.3, -0.25) is 14.5 Å². The van der Waals surface area contributed by atoms with Gasteiger partial charge in [0.05, 0.1) is 12.5 Å². The molecule has 28 heavy (non-hydrogen) atoms. The molecule has 1 N–H and O–H groups in total. The summed E-state index contributed by atoms with van der Waals surface area (Å²) in [6.45, 7) is 5.75. The second-order valence-electron chi connectivity index (χ2n) is 8.72. The molecule has 2 atom stereocenters. The van der Waals surface area contributed by atoms with Gasteiger partial charge in [0.1, 0.15) is 0 Å². The van der Waals surface area contributed by atoms with Crippen molar-refractivity contribution in [3.63, 3.8) is 0 Å². The molecule has 3 rings (SSSR count). The molecule has 0 aromatic heterocycles. The summed E-state index contributed by atoms with van der Waals surface area (Å²) in [6.07, 6.45) is 1.42. The van der Waals surface area contributed by atoms with Crippen molar-refractivity contribution in [2.24, 2.45) is 11.3 Å². The highest BCUT2D eigenvalue weighted by Gasteiger charge is 2.43. The number of carbonyl (C=O) groups is 2. The molecule has 0 bridgehead atoms. The lowest BCUT2D eigenvalue weighted by Crippen LogP contribution is -2.42. The van der Waals surface area contributed by atoms with Gasteiger partial charge in [-0.25, -0.2) is 0 Å². The van der Waals surface area contributed by atoms with E-state index in [1.54, 1.807) is 0 Å². The topological polar surface area (TPSA) is 57.6 Å². The Hall–Kier alpha value is -2.64. The first-order valence-corrected chi connectivity index (χ1v) is 9.73. The summed E-state index contributed by atoms with van der Waals surface area (Å²) < 4.78 is 0. The van der Waals surface area contributed by atoms with Crippen molar-refractivity contribution in [3.8, 4) is 11.1 Å². The van der Waals surface area contributed by atoms with Gasteiger partial charge in [-0.05, 0) is 41.5 Å². The van der Waals surface area contributed by atoms with Gasteiger partial charge in [0.2, 0.25) is 11.8 Å². The number of rotatable bonds is 5. The molecule has 1 aliphatic heterocycles. The molecular weight excluding hydrogens is 350 g/mol. The number of likely N-dealkylation sites (tertiary alicyclic amines) is 1. The Kier molecular flexibility index (Phi) is 5.86. The molecule has 0 spiro atoms. The maximum Gasteiger partial charge on any atom is 0.234 e. The molecule has 1 unspecified atom stereocenters. The SMILES string of the molecule is CC(C)(C)CC(=O)N1C(=O)C(CO)C[C@H]1Cc1ccc(-c2c#cccc2)cc1. The highest BCUT2D eigenvalue weighted by Crippen LogP contribution is 2.31. The highest BCUT2D eigenvalue weighted by molar-refractivity contribution is 5.98. The lowest BCUT2D eigenvalue weighted by molar-refractivity contribution is -0.146. The summed E-state index contributed by atoms with van der Waals surface area (Å²) >= 11 is 0. The van der Waals surface area contributed by atoms with Crippen molar-refractivity contribution in [2.75, 3.05) is 6.61 Å². The minimum Gasteiger partial charge on any atom is -0.396 e. The normalized spacial score (nSPS) is 19.6. The summed E-state index contributed by atoms with van der Waals surface area (Å²) in [5, 5.41) is 9.55. The Morgan fingerprint density at radius 3 is 2.50 bits per heavy atom. The maximum atomic E-state index is 12.8. The van der Waals surface area contributed by atoms with Crippen LogP contribution in [0, 0.1) is 23.5 Å². The number of imide groups is 1. The first-order valence-electron chi connectivity index (χ1n) is 9.73. The van der Waals surface area contributed by atoms with E-state index in [1.165, 1.54) is 4.90 Å². The van der Waals surface area contributed by atoms with Crippen molar-refractivity contribution >= 4 is 11.8 Å². The number of amides is 2. The van der Waals surface area contributed by atoms with Gasteiger partial charge in [0.15, 0.2) is 0 Å². The van der Waals surface area contributed by atoms with Crippen LogP contribution in [0.4, 0.5) is 0 Å². The van der Waals surface area contributed by atoms with Gasteiger partial charge in [-0.2, -0.15) is 0 Å². The molecule has 2 aromatic carbocycles. The summed E-state index contributed by atoms with van der Waals surface area (Å²) in [5.41, 5.74) is 2.90. The number of hydrogen-bond donors (Lipinski definition) is 1. The second-order valence-corrected chi connectivity index (χ2v) is 8.72. The fraction of sp³-hybridized carbons (Fsp3) is 0.417. The molecule has 1 fully saturated rings. The molecule has 2 amide bonds. The van der Waals surface area contributed by atoms with E-state index in [0.717, 1.165) is 16.7 Å². The third-order valence-electron chi connectivity index (χ3n) is 5.06. The minimum atomic E-state index is -0.484. The van der Waals surface area contributed by atoms with Crippen molar-refractivity contribution in [3.05, 3.63) is 60.2 Å². The molecule has 1 saturated heterocycles. The number of aliphatic hydroxyl groups excluding tert-OH is 1. The van der Waals surface area contributed by atoms with Gasteiger partial charge >= 0.3 is 0 Å². The van der Waals surface area contributed by atoms with Crippen LogP contribution in [0.2, 0.25) is 0 Å². The van der Waals surface area contributed by atoms with Gasteiger partial charge in [-0.15, -0.1) is 0 Å². The van der Waals surface area contributed by atoms with Crippen LogP contribution in [0.3, 0.4) is 0 Å². The number of nitrogens with zero attached hydrogens (tertiary/aromatic N) is 1. The molecular formula is C24H27NO3. The summed E-state index contributed by atoms with van der Waals surface area (Å²) in [6, 6.07) is 19.7. The predicted octanol–water partition coefficient (Wildman–Crippen LogP) is 3.67. The van der Waals surface area contributed by atoms with Crippen LogP contribution < -0.4 is 0 Å². The third-order valence-corrected chi connectivity index (χ3v) is 5.06. The summed E-state index contributed by atoms with van der Waals surface area (Å²) in [4.78, 5) is 26.8. The quantitative estimate of drug-likeness (QED) is 0.865. The van der Waals surface area contributed by atoms with Crippen LogP contribution >= 0.6 is 0 Å². The molecule has 2 aromatic rings. The van der Waals surface area contributed by atoms with Gasteiger partial charge in [0.25, 0.3) is 0 Å². The molecule has 4 heteroatoms. The van der Waals surface area contributed by atoms with Crippen LogP contribution in [-0.4, -0.2) is 34.5 Å². The second kappa shape index (κ2) is 8.16. The molecule has 1 heterocycles. The zero-order valence-corrected chi connectivity index (χ0v) is 16.7. The molecule has 1 aliphatic rings. The molecule has 0 aliphatic carbocycles. The van der Waals surface area contributed by atoms with E-state index in [1.807, 2.05) is 63.2 Å². The Labute approximate surface area is 167 Å². The van der Waals surface area contributed by atoms with E-state index in [0.29, 0.717) is 19.3 Å². The molecule has 0 saturated carbocycles. The van der Waals surface area contributed by atoms with E-state index >= 15 is 0 Å². The molecule has 4 nitrogen and oxygen atoms in total. The zero-order chi connectivity index (χ0) is 20.3. The monoisotopic (exact) mass is 377 g/mol. The Morgan fingerprint density at radius 1 is 1.21 bits per heavy atom. The van der Waals surface area contributed by atoms with Crippen LogP contribution in [0.1, 0.15) is 39.2 Å². The average molecular weight is 377 g/mol. The predicted molar refractivity (Wildman–Crippen MR) is 108 cm³/mol. The summed E-state index contributed by atoms with van der Waals surface area (Å²) in [5.74, 6) is -0.875.